The van der Waals surface area contributed by atoms with Gasteiger partial charge in [-0.2, -0.15) is 0 Å². The van der Waals surface area contributed by atoms with Crippen LogP contribution >= 0.6 is 15.9 Å². The maximum atomic E-state index is 11.8. The van der Waals surface area contributed by atoms with Crippen molar-refractivity contribution in [1.29, 1.82) is 0 Å². The number of hydrogen-bond donors (Lipinski definition) is 1. The van der Waals surface area contributed by atoms with Gasteiger partial charge in [0.25, 0.3) is 0 Å². The Morgan fingerprint density at radius 3 is 2.11 bits per heavy atom. The van der Waals surface area contributed by atoms with Crippen molar-refractivity contribution in [2.45, 2.75) is 32.7 Å². The van der Waals surface area contributed by atoms with Gasteiger partial charge in [0.2, 0.25) is 5.91 Å². The highest BCUT2D eigenvalue weighted by Crippen LogP contribution is 2.33. The molecule has 1 amide bonds. The smallest absolute Gasteiger partial charge is 0.334 e. The lowest BCUT2D eigenvalue weighted by Crippen LogP contribution is -2.53. The Kier molecular flexibility index (Phi) is 5.11. The molecule has 0 heterocycles. The van der Waals surface area contributed by atoms with E-state index in [1.165, 1.54) is 11.8 Å². The fraction of sp³-hybridized carbons (Fsp3) is 0.429. The number of amides is 1. The molecule has 1 rings (SSSR count). The summed E-state index contributed by atoms with van der Waals surface area (Å²) in [5.41, 5.74) is -0.691. The molecule has 0 aromatic heterocycles. The van der Waals surface area contributed by atoms with Gasteiger partial charge in [0, 0.05) is 17.9 Å². The Morgan fingerprint density at radius 1 is 1.26 bits per heavy atom. The van der Waals surface area contributed by atoms with E-state index in [1.54, 1.807) is 38.1 Å². The molecule has 1 unspecified atom stereocenters. The second-order valence-electron chi connectivity index (χ2n) is 4.29. The van der Waals surface area contributed by atoms with Gasteiger partial charge in [-0.25, -0.2) is 4.79 Å². The summed E-state index contributed by atoms with van der Waals surface area (Å²) in [6.07, 6.45) is 0.317. The first-order valence-electron chi connectivity index (χ1n) is 6.17. The van der Waals surface area contributed by atoms with Gasteiger partial charge in [0.05, 0.1) is 0 Å². The second kappa shape index (κ2) is 6.19. The third kappa shape index (κ3) is 2.81. The lowest BCUT2D eigenvalue weighted by molar-refractivity contribution is -0.159. The van der Waals surface area contributed by atoms with Crippen molar-refractivity contribution in [3.05, 3.63) is 34.3 Å². The molecule has 0 spiro atoms. The fourth-order valence-electron chi connectivity index (χ4n) is 2.43. The Hall–Kier alpha value is -1.36. The van der Waals surface area contributed by atoms with E-state index in [9.17, 15) is 14.7 Å². The average molecular weight is 328 g/mol. The van der Waals surface area contributed by atoms with Crippen LogP contribution in [0.1, 0.15) is 32.8 Å². The molecular weight excluding hydrogens is 310 g/mol. The first kappa shape index (κ1) is 15.7. The Morgan fingerprint density at radius 2 is 1.79 bits per heavy atom. The van der Waals surface area contributed by atoms with E-state index in [4.69, 9.17) is 0 Å². The van der Waals surface area contributed by atoms with Crippen LogP contribution in [-0.2, 0) is 15.1 Å². The van der Waals surface area contributed by atoms with Crippen LogP contribution < -0.4 is 0 Å². The van der Waals surface area contributed by atoms with E-state index >= 15 is 0 Å². The summed E-state index contributed by atoms with van der Waals surface area (Å²) in [7, 11) is 0. The van der Waals surface area contributed by atoms with E-state index in [-0.39, 0.29) is 5.91 Å². The van der Waals surface area contributed by atoms with Gasteiger partial charge in [0.1, 0.15) is 0 Å². The second-order valence-corrected chi connectivity index (χ2v) is 5.20. The molecule has 1 N–H and O–H groups in total. The number of carboxylic acid groups (broad SMARTS) is 1. The van der Waals surface area contributed by atoms with E-state index in [1.807, 2.05) is 0 Å². The SMILES string of the molecule is CCN(C(C)=O)C(CC)(C(=O)O)c1ccc(Br)cc1. The van der Waals surface area contributed by atoms with Gasteiger partial charge in [-0.1, -0.05) is 35.0 Å². The lowest BCUT2D eigenvalue weighted by atomic mass is 9.85. The molecule has 0 bridgehead atoms. The molecule has 0 radical (unpaired) electrons. The number of carbonyl (C=O) groups is 2. The monoisotopic (exact) mass is 327 g/mol. The van der Waals surface area contributed by atoms with Gasteiger partial charge >= 0.3 is 5.97 Å². The van der Waals surface area contributed by atoms with Crippen LogP contribution in [0.25, 0.3) is 0 Å². The van der Waals surface area contributed by atoms with Gasteiger partial charge in [0.15, 0.2) is 5.54 Å². The lowest BCUT2D eigenvalue weighted by Gasteiger charge is -2.39. The van der Waals surface area contributed by atoms with Crippen molar-refractivity contribution in [3.8, 4) is 0 Å². The predicted molar refractivity (Wildman–Crippen MR) is 76.8 cm³/mol. The fourth-order valence-corrected chi connectivity index (χ4v) is 2.69. The molecule has 104 valence electrons. The summed E-state index contributed by atoms with van der Waals surface area (Å²) in [6, 6.07) is 7.06. The number of aliphatic carboxylic acids is 1. The summed E-state index contributed by atoms with van der Waals surface area (Å²) in [5.74, 6) is -1.25. The number of hydrogen-bond acceptors (Lipinski definition) is 2. The molecular formula is C14H18BrNO3. The number of nitrogens with zero attached hydrogens (tertiary/aromatic N) is 1. The molecule has 0 aliphatic carbocycles. The van der Waals surface area contributed by atoms with Crippen molar-refractivity contribution >= 4 is 27.8 Å². The van der Waals surface area contributed by atoms with Gasteiger partial charge in [-0.15, -0.1) is 0 Å². The Labute approximate surface area is 121 Å². The molecule has 5 heteroatoms. The molecule has 1 atom stereocenters. The van der Waals surface area contributed by atoms with Crippen LogP contribution in [0.5, 0.6) is 0 Å². The number of carboxylic acids is 1. The van der Waals surface area contributed by atoms with Crippen molar-refractivity contribution < 1.29 is 14.7 Å². The molecule has 1 aromatic carbocycles. The quantitative estimate of drug-likeness (QED) is 0.904. The summed E-state index contributed by atoms with van der Waals surface area (Å²) in [6.45, 7) is 5.32. The summed E-state index contributed by atoms with van der Waals surface area (Å²) in [4.78, 5) is 25.0. The number of carbonyl (C=O) groups excluding carboxylic acids is 1. The summed E-state index contributed by atoms with van der Waals surface area (Å²) in [5, 5.41) is 9.69. The zero-order valence-corrected chi connectivity index (χ0v) is 12.9. The summed E-state index contributed by atoms with van der Waals surface area (Å²) < 4.78 is 0.873. The van der Waals surface area contributed by atoms with Crippen molar-refractivity contribution in [2.75, 3.05) is 6.54 Å². The van der Waals surface area contributed by atoms with Crippen LogP contribution in [0, 0.1) is 0 Å². The van der Waals surface area contributed by atoms with Gasteiger partial charge < -0.3 is 10.0 Å². The molecule has 4 nitrogen and oxygen atoms in total. The predicted octanol–water partition coefficient (Wildman–Crippen LogP) is 3.01. The standard InChI is InChI=1S/C14H18BrNO3/c1-4-14(13(18)19,16(5-2)10(3)17)11-6-8-12(15)9-7-11/h6-9H,4-5H2,1-3H3,(H,18,19). The summed E-state index contributed by atoms with van der Waals surface area (Å²) >= 11 is 3.33. The Balaban J connectivity index is 3.46. The first-order chi connectivity index (χ1) is 8.90. The maximum Gasteiger partial charge on any atom is 0.334 e. The molecule has 0 aliphatic rings. The number of benzene rings is 1. The van der Waals surface area contributed by atoms with Crippen LogP contribution in [0.4, 0.5) is 0 Å². The number of halogens is 1. The zero-order chi connectivity index (χ0) is 14.6. The minimum Gasteiger partial charge on any atom is -0.479 e. The van der Waals surface area contributed by atoms with Crippen molar-refractivity contribution in [2.24, 2.45) is 0 Å². The highest BCUT2D eigenvalue weighted by atomic mass is 79.9. The first-order valence-corrected chi connectivity index (χ1v) is 6.97. The zero-order valence-electron chi connectivity index (χ0n) is 11.3. The van der Waals surface area contributed by atoms with Gasteiger partial charge in [-0.3, -0.25) is 4.79 Å². The van der Waals surface area contributed by atoms with E-state index in [0.29, 0.717) is 18.5 Å². The van der Waals surface area contributed by atoms with E-state index in [0.717, 1.165) is 4.47 Å². The normalized spacial score (nSPS) is 13.7. The third-order valence-electron chi connectivity index (χ3n) is 3.34. The van der Waals surface area contributed by atoms with Gasteiger partial charge in [-0.05, 0) is 31.0 Å². The third-order valence-corrected chi connectivity index (χ3v) is 3.87. The number of likely N-dealkylation sites (N-methyl/N-ethyl adjacent to an activating group) is 1. The van der Waals surface area contributed by atoms with E-state index < -0.39 is 11.5 Å². The topological polar surface area (TPSA) is 57.6 Å². The highest BCUT2D eigenvalue weighted by molar-refractivity contribution is 9.10. The minimum absolute atomic E-state index is 0.241. The van der Waals surface area contributed by atoms with Crippen LogP contribution in [0.2, 0.25) is 0 Å². The largest absolute Gasteiger partial charge is 0.479 e. The van der Waals surface area contributed by atoms with Crippen LogP contribution in [0.3, 0.4) is 0 Å². The minimum atomic E-state index is -1.30. The van der Waals surface area contributed by atoms with Crippen LogP contribution in [0.15, 0.2) is 28.7 Å². The number of rotatable bonds is 5. The molecule has 0 saturated carbocycles. The van der Waals surface area contributed by atoms with Crippen LogP contribution in [-0.4, -0.2) is 28.4 Å². The molecule has 0 aliphatic heterocycles. The molecule has 1 aromatic rings. The van der Waals surface area contributed by atoms with E-state index in [2.05, 4.69) is 15.9 Å². The van der Waals surface area contributed by atoms with Crippen molar-refractivity contribution in [3.63, 3.8) is 0 Å². The molecule has 0 saturated heterocycles. The molecule has 0 fully saturated rings. The van der Waals surface area contributed by atoms with Crippen molar-refractivity contribution in [1.82, 2.24) is 4.90 Å². The Bertz CT molecular complexity index is 472. The molecule has 19 heavy (non-hydrogen) atoms. The maximum absolute atomic E-state index is 11.8. The highest BCUT2D eigenvalue weighted by Gasteiger charge is 2.45. The average Bonchev–Trinajstić information content (AvgIpc) is 2.36.